The molecular formula is C38H45N3O6S. The molecule has 0 aliphatic carbocycles. The Bertz CT molecular complexity index is 1780. The average Bonchev–Trinajstić information content (AvgIpc) is 3.09. The minimum Gasteiger partial charge on any atom is -0.493 e. The van der Waals surface area contributed by atoms with E-state index in [-0.39, 0.29) is 29.5 Å². The molecule has 254 valence electrons. The number of aryl methyl sites for hydroxylation is 2. The van der Waals surface area contributed by atoms with Crippen molar-refractivity contribution in [2.75, 3.05) is 31.6 Å². The minimum atomic E-state index is -4.31. The van der Waals surface area contributed by atoms with E-state index in [1.165, 1.54) is 37.3 Å². The quantitative estimate of drug-likeness (QED) is 0.145. The molecule has 1 N–H and O–H groups in total. The number of carbonyl (C=O) groups excluding carboxylic acids is 2. The van der Waals surface area contributed by atoms with Gasteiger partial charge < -0.3 is 19.7 Å². The fourth-order valence-corrected chi connectivity index (χ4v) is 6.84. The molecule has 0 heterocycles. The van der Waals surface area contributed by atoms with Gasteiger partial charge in [0, 0.05) is 25.6 Å². The van der Waals surface area contributed by atoms with Crippen LogP contribution in [0.15, 0.2) is 102 Å². The maximum absolute atomic E-state index is 14.6. The van der Waals surface area contributed by atoms with Crippen molar-refractivity contribution >= 4 is 27.5 Å². The van der Waals surface area contributed by atoms with E-state index in [1.807, 2.05) is 75.4 Å². The van der Waals surface area contributed by atoms with Crippen LogP contribution in [0.3, 0.4) is 0 Å². The molecule has 4 aromatic carbocycles. The second-order valence-corrected chi connectivity index (χ2v) is 13.6. The van der Waals surface area contributed by atoms with Crippen LogP contribution in [0.25, 0.3) is 0 Å². The predicted molar refractivity (Wildman–Crippen MR) is 189 cm³/mol. The standard InChI is InChI=1S/C38H45N3O6S/c1-6-7-22-39-38(43)34(24-30-13-9-8-10-14-30)40(26-31-15-11-12-29(3)23-31)37(42)27-41(32-18-16-28(2)17-19-32)48(44,45)33-20-21-35(46-4)36(25-33)47-5/h8-21,23,25,34H,6-7,22,24,26-27H2,1-5H3,(H,39,43)/t34-/m0/s1. The molecule has 0 saturated heterocycles. The number of carbonyl (C=O) groups is 2. The van der Waals surface area contributed by atoms with Gasteiger partial charge in [-0.15, -0.1) is 0 Å². The number of unbranched alkanes of at least 4 members (excludes halogenated alkanes) is 1. The Morgan fingerprint density at radius 3 is 2.12 bits per heavy atom. The molecule has 0 radical (unpaired) electrons. The number of ether oxygens (including phenoxy) is 2. The Hall–Kier alpha value is -4.83. The third kappa shape index (κ3) is 9.16. The summed E-state index contributed by atoms with van der Waals surface area (Å²) in [5.41, 5.74) is 3.95. The highest BCUT2D eigenvalue weighted by molar-refractivity contribution is 7.92. The maximum atomic E-state index is 14.6. The summed E-state index contributed by atoms with van der Waals surface area (Å²) in [5.74, 6) is -0.205. The Balaban J connectivity index is 1.81. The summed E-state index contributed by atoms with van der Waals surface area (Å²) in [5, 5.41) is 3.02. The minimum absolute atomic E-state index is 0.0723. The predicted octanol–water partition coefficient (Wildman–Crippen LogP) is 6.07. The Morgan fingerprint density at radius 2 is 1.48 bits per heavy atom. The highest BCUT2D eigenvalue weighted by atomic mass is 32.2. The zero-order chi connectivity index (χ0) is 34.7. The van der Waals surface area contributed by atoms with Gasteiger partial charge in [0.05, 0.1) is 24.8 Å². The first-order valence-corrected chi connectivity index (χ1v) is 17.5. The van der Waals surface area contributed by atoms with Gasteiger partial charge >= 0.3 is 0 Å². The maximum Gasteiger partial charge on any atom is 0.264 e. The van der Waals surface area contributed by atoms with Crippen LogP contribution >= 0.6 is 0 Å². The third-order valence-electron chi connectivity index (χ3n) is 8.08. The van der Waals surface area contributed by atoms with Gasteiger partial charge in [-0.05, 0) is 55.7 Å². The van der Waals surface area contributed by atoms with Crippen LogP contribution in [-0.2, 0) is 32.6 Å². The molecule has 0 bridgehead atoms. The van der Waals surface area contributed by atoms with Crippen LogP contribution in [0.1, 0.15) is 42.0 Å². The van der Waals surface area contributed by atoms with Gasteiger partial charge in [0.25, 0.3) is 10.0 Å². The van der Waals surface area contributed by atoms with E-state index in [2.05, 4.69) is 5.32 Å². The second-order valence-electron chi connectivity index (χ2n) is 11.7. The van der Waals surface area contributed by atoms with E-state index in [9.17, 15) is 18.0 Å². The first-order valence-electron chi connectivity index (χ1n) is 16.1. The fourth-order valence-electron chi connectivity index (χ4n) is 5.41. The van der Waals surface area contributed by atoms with Gasteiger partial charge in [-0.1, -0.05) is 91.2 Å². The zero-order valence-electron chi connectivity index (χ0n) is 28.3. The normalized spacial score (nSPS) is 11.8. The van der Waals surface area contributed by atoms with Gasteiger partial charge in [0.2, 0.25) is 11.8 Å². The van der Waals surface area contributed by atoms with Gasteiger partial charge in [-0.2, -0.15) is 0 Å². The Kier molecular flexibility index (Phi) is 12.6. The van der Waals surface area contributed by atoms with Crippen LogP contribution in [0.2, 0.25) is 0 Å². The molecule has 10 heteroatoms. The van der Waals surface area contributed by atoms with Crippen LogP contribution in [0.4, 0.5) is 5.69 Å². The van der Waals surface area contributed by atoms with Crippen molar-refractivity contribution in [2.24, 2.45) is 0 Å². The molecule has 2 amide bonds. The molecular weight excluding hydrogens is 627 g/mol. The molecule has 0 unspecified atom stereocenters. The number of methoxy groups -OCH3 is 2. The van der Waals surface area contributed by atoms with Crippen molar-refractivity contribution in [2.45, 2.75) is 57.5 Å². The molecule has 9 nitrogen and oxygen atoms in total. The summed E-state index contributed by atoms with van der Waals surface area (Å²) in [6, 6.07) is 27.6. The average molecular weight is 672 g/mol. The molecule has 0 spiro atoms. The second kappa shape index (κ2) is 16.8. The Labute approximate surface area is 284 Å². The molecule has 0 fully saturated rings. The van der Waals surface area contributed by atoms with E-state index < -0.39 is 28.5 Å². The van der Waals surface area contributed by atoms with Gasteiger partial charge in [-0.3, -0.25) is 13.9 Å². The topological polar surface area (TPSA) is 105 Å². The molecule has 0 saturated carbocycles. The number of hydrogen-bond donors (Lipinski definition) is 1. The van der Waals surface area contributed by atoms with Crippen LogP contribution in [-0.4, -0.2) is 58.5 Å². The lowest BCUT2D eigenvalue weighted by molar-refractivity contribution is -0.140. The largest absolute Gasteiger partial charge is 0.493 e. The molecule has 0 aromatic heterocycles. The van der Waals surface area contributed by atoms with E-state index in [0.29, 0.717) is 18.0 Å². The number of rotatable bonds is 16. The zero-order valence-corrected chi connectivity index (χ0v) is 29.1. The molecule has 48 heavy (non-hydrogen) atoms. The van der Waals surface area contributed by atoms with Crippen molar-refractivity contribution in [1.82, 2.24) is 10.2 Å². The number of anilines is 1. The number of nitrogens with one attached hydrogen (secondary N) is 1. The summed E-state index contributed by atoms with van der Waals surface area (Å²) in [7, 11) is -1.41. The van der Waals surface area contributed by atoms with Crippen molar-refractivity contribution in [1.29, 1.82) is 0 Å². The van der Waals surface area contributed by atoms with Crippen molar-refractivity contribution < 1.29 is 27.5 Å². The van der Waals surface area contributed by atoms with E-state index in [0.717, 1.165) is 39.4 Å². The summed E-state index contributed by atoms with van der Waals surface area (Å²) in [6.07, 6.45) is 1.94. The highest BCUT2D eigenvalue weighted by Gasteiger charge is 2.35. The molecule has 0 aliphatic heterocycles. The van der Waals surface area contributed by atoms with E-state index >= 15 is 0 Å². The number of benzene rings is 4. The van der Waals surface area contributed by atoms with Gasteiger partial charge in [0.15, 0.2) is 11.5 Å². The third-order valence-corrected chi connectivity index (χ3v) is 9.85. The number of hydrogen-bond acceptors (Lipinski definition) is 6. The molecule has 4 rings (SSSR count). The van der Waals surface area contributed by atoms with Gasteiger partial charge in [-0.25, -0.2) is 8.42 Å². The SMILES string of the molecule is CCCCNC(=O)[C@H](Cc1ccccc1)N(Cc1cccc(C)c1)C(=O)CN(c1ccc(C)cc1)S(=O)(=O)c1ccc(OC)c(OC)c1. The molecule has 4 aromatic rings. The monoisotopic (exact) mass is 671 g/mol. The number of sulfonamides is 1. The molecule has 0 aliphatic rings. The number of nitrogens with zero attached hydrogens (tertiary/aromatic N) is 2. The van der Waals surface area contributed by atoms with E-state index in [4.69, 9.17) is 9.47 Å². The summed E-state index contributed by atoms with van der Waals surface area (Å²) < 4.78 is 40.6. The van der Waals surface area contributed by atoms with E-state index in [1.54, 1.807) is 24.3 Å². The summed E-state index contributed by atoms with van der Waals surface area (Å²) in [4.78, 5) is 30.0. The lowest BCUT2D eigenvalue weighted by Crippen LogP contribution is -2.53. The van der Waals surface area contributed by atoms with Crippen molar-refractivity contribution in [3.05, 3.63) is 119 Å². The van der Waals surface area contributed by atoms with Crippen molar-refractivity contribution in [3.8, 4) is 11.5 Å². The van der Waals surface area contributed by atoms with Gasteiger partial charge in [0.1, 0.15) is 12.6 Å². The lowest BCUT2D eigenvalue weighted by Gasteiger charge is -2.34. The first kappa shape index (κ1) is 36.0. The summed E-state index contributed by atoms with van der Waals surface area (Å²) >= 11 is 0. The van der Waals surface area contributed by atoms with Crippen LogP contribution < -0.4 is 19.1 Å². The number of amides is 2. The lowest BCUT2D eigenvalue weighted by atomic mass is 10.0. The fraction of sp³-hybridized carbons (Fsp3) is 0.316. The highest BCUT2D eigenvalue weighted by Crippen LogP contribution is 2.32. The smallest absolute Gasteiger partial charge is 0.264 e. The molecule has 1 atom stereocenters. The van der Waals surface area contributed by atoms with Crippen molar-refractivity contribution in [3.63, 3.8) is 0 Å². The first-order chi connectivity index (χ1) is 23.1. The van der Waals surface area contributed by atoms with Crippen LogP contribution in [0.5, 0.6) is 11.5 Å². The Morgan fingerprint density at radius 1 is 0.792 bits per heavy atom. The summed E-state index contributed by atoms with van der Waals surface area (Å²) in [6.45, 7) is 5.94. The van der Waals surface area contributed by atoms with Crippen LogP contribution in [0, 0.1) is 13.8 Å².